The number of rotatable bonds is 2. The minimum absolute atomic E-state index is 0.163. The summed E-state index contributed by atoms with van der Waals surface area (Å²) >= 11 is 0. The summed E-state index contributed by atoms with van der Waals surface area (Å²) in [6.45, 7) is 4.00. The average Bonchev–Trinajstić information content (AvgIpc) is 2.77. The van der Waals surface area contributed by atoms with Crippen molar-refractivity contribution in [2.45, 2.75) is 20.0 Å². The first kappa shape index (κ1) is 11.7. The summed E-state index contributed by atoms with van der Waals surface area (Å²) in [6.07, 6.45) is 3.48. The van der Waals surface area contributed by atoms with Gasteiger partial charge in [0, 0.05) is 31.2 Å². The predicted octanol–water partition coefficient (Wildman–Crippen LogP) is 1.30. The zero-order valence-corrected chi connectivity index (χ0v) is 10.6. The first-order valence-corrected chi connectivity index (χ1v) is 6.11. The van der Waals surface area contributed by atoms with Crippen LogP contribution in [0.5, 0.6) is 0 Å². The fourth-order valence-corrected chi connectivity index (χ4v) is 2.49. The maximum atomic E-state index is 11.2. The van der Waals surface area contributed by atoms with Crippen LogP contribution in [0.15, 0.2) is 24.5 Å². The maximum absolute atomic E-state index is 11.2. The van der Waals surface area contributed by atoms with E-state index in [1.165, 1.54) is 0 Å². The molecule has 0 amide bonds. The number of hydrogen-bond donors (Lipinski definition) is 1. The number of carboxylic acids is 1. The first-order chi connectivity index (χ1) is 9.16. The molecule has 1 aliphatic rings. The van der Waals surface area contributed by atoms with Gasteiger partial charge in [0.2, 0.25) is 0 Å². The van der Waals surface area contributed by atoms with E-state index >= 15 is 0 Å². The Balaban J connectivity index is 1.97. The second kappa shape index (κ2) is 4.38. The standard InChI is InChI=1S/C13H14N4O2/c1-9-15-12(13(18)19)11-8-16(6-7-17(9)11)10-2-4-14-5-3-10/h2-5H,6-8H2,1H3,(H,18,19). The molecule has 0 unspecified atom stereocenters. The third-order valence-corrected chi connectivity index (χ3v) is 3.43. The molecule has 3 rings (SSSR count). The van der Waals surface area contributed by atoms with Crippen molar-refractivity contribution in [3.8, 4) is 0 Å². The normalized spacial score (nSPS) is 14.3. The Morgan fingerprint density at radius 2 is 2.05 bits per heavy atom. The lowest BCUT2D eigenvalue weighted by atomic mass is 10.2. The SMILES string of the molecule is Cc1nc(C(=O)O)c2n1CCN(c1ccncc1)C2. The van der Waals surface area contributed by atoms with Gasteiger partial charge in [-0.3, -0.25) is 4.98 Å². The molecule has 19 heavy (non-hydrogen) atoms. The van der Waals surface area contributed by atoms with Gasteiger partial charge in [0.15, 0.2) is 5.69 Å². The minimum Gasteiger partial charge on any atom is -0.476 e. The van der Waals surface area contributed by atoms with Crippen molar-refractivity contribution in [2.24, 2.45) is 0 Å². The Hall–Kier alpha value is -2.37. The van der Waals surface area contributed by atoms with Crippen molar-refractivity contribution in [1.29, 1.82) is 0 Å². The molecule has 2 aromatic heterocycles. The average molecular weight is 258 g/mol. The molecule has 1 N–H and O–H groups in total. The Morgan fingerprint density at radius 3 is 2.74 bits per heavy atom. The number of aryl methyl sites for hydroxylation is 1. The Kier molecular flexibility index (Phi) is 2.70. The summed E-state index contributed by atoms with van der Waals surface area (Å²) < 4.78 is 1.99. The molecule has 0 fully saturated rings. The number of hydrogen-bond acceptors (Lipinski definition) is 4. The Bertz CT molecular complexity index is 621. The van der Waals surface area contributed by atoms with E-state index in [-0.39, 0.29) is 5.69 Å². The highest BCUT2D eigenvalue weighted by Gasteiger charge is 2.25. The van der Waals surface area contributed by atoms with E-state index in [1.54, 1.807) is 12.4 Å². The van der Waals surface area contributed by atoms with Gasteiger partial charge in [0.1, 0.15) is 5.82 Å². The molecule has 6 heteroatoms. The molecule has 0 bridgehead atoms. The van der Waals surface area contributed by atoms with E-state index in [1.807, 2.05) is 23.6 Å². The highest BCUT2D eigenvalue weighted by atomic mass is 16.4. The summed E-state index contributed by atoms with van der Waals surface area (Å²) in [4.78, 5) is 21.5. The zero-order valence-electron chi connectivity index (χ0n) is 10.6. The molecule has 98 valence electrons. The van der Waals surface area contributed by atoms with Crippen molar-refractivity contribution >= 4 is 11.7 Å². The van der Waals surface area contributed by atoms with Gasteiger partial charge >= 0.3 is 5.97 Å². The summed E-state index contributed by atoms with van der Waals surface area (Å²) in [5.74, 6) is -0.199. The fourth-order valence-electron chi connectivity index (χ4n) is 2.49. The molecule has 0 saturated carbocycles. The predicted molar refractivity (Wildman–Crippen MR) is 69.2 cm³/mol. The molecule has 0 aliphatic carbocycles. The van der Waals surface area contributed by atoms with Gasteiger partial charge in [-0.2, -0.15) is 0 Å². The van der Waals surface area contributed by atoms with Gasteiger partial charge in [-0.05, 0) is 19.1 Å². The van der Waals surface area contributed by atoms with Crippen molar-refractivity contribution in [3.63, 3.8) is 0 Å². The summed E-state index contributed by atoms with van der Waals surface area (Å²) in [6, 6.07) is 3.86. The third-order valence-electron chi connectivity index (χ3n) is 3.43. The molecule has 0 saturated heterocycles. The molecule has 0 radical (unpaired) electrons. The van der Waals surface area contributed by atoms with Gasteiger partial charge in [0.05, 0.1) is 12.2 Å². The molecule has 1 aliphatic heterocycles. The number of aromatic carboxylic acids is 1. The van der Waals surface area contributed by atoms with Crippen LogP contribution >= 0.6 is 0 Å². The largest absolute Gasteiger partial charge is 0.476 e. The van der Waals surface area contributed by atoms with Gasteiger partial charge in [-0.1, -0.05) is 0 Å². The van der Waals surface area contributed by atoms with Gasteiger partial charge in [0.25, 0.3) is 0 Å². The van der Waals surface area contributed by atoms with Crippen LogP contribution in [0.3, 0.4) is 0 Å². The van der Waals surface area contributed by atoms with Gasteiger partial charge in [-0.15, -0.1) is 0 Å². The maximum Gasteiger partial charge on any atom is 0.356 e. The van der Waals surface area contributed by atoms with Crippen molar-refractivity contribution in [1.82, 2.24) is 14.5 Å². The number of imidazole rings is 1. The summed E-state index contributed by atoms with van der Waals surface area (Å²) in [7, 11) is 0. The van der Waals surface area contributed by atoms with E-state index in [4.69, 9.17) is 0 Å². The number of aromatic nitrogens is 3. The van der Waals surface area contributed by atoms with Crippen molar-refractivity contribution in [2.75, 3.05) is 11.4 Å². The lowest BCUT2D eigenvalue weighted by Crippen LogP contribution is -2.34. The zero-order chi connectivity index (χ0) is 13.4. The number of nitrogens with zero attached hydrogens (tertiary/aromatic N) is 4. The number of carboxylic acid groups (broad SMARTS) is 1. The third kappa shape index (κ3) is 1.95. The molecule has 6 nitrogen and oxygen atoms in total. The smallest absolute Gasteiger partial charge is 0.356 e. The molecule has 3 heterocycles. The number of fused-ring (bicyclic) bond motifs is 1. The summed E-state index contributed by atoms with van der Waals surface area (Å²) in [5.41, 5.74) is 1.99. The minimum atomic E-state index is -0.964. The van der Waals surface area contributed by atoms with Crippen molar-refractivity contribution in [3.05, 3.63) is 41.7 Å². The van der Waals surface area contributed by atoms with E-state index < -0.39 is 5.97 Å². The Labute approximate surface area is 110 Å². The monoisotopic (exact) mass is 258 g/mol. The van der Waals surface area contributed by atoms with Crippen LogP contribution in [0.4, 0.5) is 5.69 Å². The topological polar surface area (TPSA) is 71.2 Å². The number of pyridine rings is 1. The highest BCUT2D eigenvalue weighted by Crippen LogP contribution is 2.23. The van der Waals surface area contributed by atoms with Crippen LogP contribution in [0.25, 0.3) is 0 Å². The van der Waals surface area contributed by atoms with E-state index in [0.29, 0.717) is 6.54 Å². The molecule has 0 aromatic carbocycles. The molecule has 0 spiro atoms. The lowest BCUT2D eigenvalue weighted by Gasteiger charge is -2.30. The second-order valence-electron chi connectivity index (χ2n) is 4.54. The lowest BCUT2D eigenvalue weighted by molar-refractivity contribution is 0.0689. The van der Waals surface area contributed by atoms with E-state index in [9.17, 15) is 9.90 Å². The number of carbonyl (C=O) groups is 1. The first-order valence-electron chi connectivity index (χ1n) is 6.11. The van der Waals surface area contributed by atoms with Crippen LogP contribution in [-0.2, 0) is 13.1 Å². The van der Waals surface area contributed by atoms with Gasteiger partial charge in [-0.25, -0.2) is 9.78 Å². The van der Waals surface area contributed by atoms with Crippen LogP contribution in [-0.4, -0.2) is 32.2 Å². The van der Waals surface area contributed by atoms with Crippen LogP contribution in [0, 0.1) is 6.92 Å². The molecule has 2 aromatic rings. The van der Waals surface area contributed by atoms with Crippen LogP contribution in [0.1, 0.15) is 22.0 Å². The summed E-state index contributed by atoms with van der Waals surface area (Å²) in [5, 5.41) is 9.21. The van der Waals surface area contributed by atoms with E-state index in [2.05, 4.69) is 14.9 Å². The molecular weight excluding hydrogens is 244 g/mol. The van der Waals surface area contributed by atoms with Crippen molar-refractivity contribution < 1.29 is 9.90 Å². The van der Waals surface area contributed by atoms with Gasteiger partial charge < -0.3 is 14.6 Å². The molecule has 0 atom stereocenters. The van der Waals surface area contributed by atoms with E-state index in [0.717, 1.165) is 30.3 Å². The Morgan fingerprint density at radius 1 is 1.32 bits per heavy atom. The number of anilines is 1. The quantitative estimate of drug-likeness (QED) is 0.879. The highest BCUT2D eigenvalue weighted by molar-refractivity contribution is 5.87. The van der Waals surface area contributed by atoms with Crippen LogP contribution < -0.4 is 4.90 Å². The van der Waals surface area contributed by atoms with Crippen LogP contribution in [0.2, 0.25) is 0 Å². The molecular formula is C13H14N4O2. The second-order valence-corrected chi connectivity index (χ2v) is 4.54. The fraction of sp³-hybridized carbons (Fsp3) is 0.308.